The highest BCUT2D eigenvalue weighted by molar-refractivity contribution is 6.16. The Labute approximate surface area is 89.4 Å². The standard InChI is InChI=1S/C10H6O6/c1-15-7-3-5-4(2-6(7)8(11)12)9(13)16-10(5)14/h2-3H,1H3,(H,11,12). The number of carboxylic acid groups (broad SMARTS) is 1. The number of hydrogen-bond acceptors (Lipinski definition) is 5. The Morgan fingerprint density at radius 1 is 1.25 bits per heavy atom. The quantitative estimate of drug-likeness (QED) is 0.585. The number of methoxy groups -OCH3 is 1. The molecule has 1 heterocycles. The van der Waals surface area contributed by atoms with Crippen LogP contribution in [0.5, 0.6) is 5.75 Å². The third-order valence-electron chi connectivity index (χ3n) is 2.20. The third-order valence-corrected chi connectivity index (χ3v) is 2.20. The van der Waals surface area contributed by atoms with E-state index in [9.17, 15) is 14.4 Å². The van der Waals surface area contributed by atoms with Crippen molar-refractivity contribution in [2.75, 3.05) is 7.11 Å². The fraction of sp³-hybridized carbons (Fsp3) is 0.100. The van der Waals surface area contributed by atoms with Gasteiger partial charge in [-0.05, 0) is 12.1 Å². The van der Waals surface area contributed by atoms with E-state index in [1.54, 1.807) is 0 Å². The topological polar surface area (TPSA) is 89.9 Å². The Balaban J connectivity index is 2.69. The number of carbonyl (C=O) groups excluding carboxylic acids is 2. The molecule has 1 aromatic carbocycles. The van der Waals surface area contributed by atoms with Gasteiger partial charge in [0.15, 0.2) is 0 Å². The number of cyclic esters (lactones) is 2. The van der Waals surface area contributed by atoms with Crippen molar-refractivity contribution in [1.29, 1.82) is 0 Å². The molecule has 0 aliphatic carbocycles. The van der Waals surface area contributed by atoms with Crippen LogP contribution in [0.15, 0.2) is 12.1 Å². The summed E-state index contributed by atoms with van der Waals surface area (Å²) in [6.45, 7) is 0. The number of benzene rings is 1. The minimum absolute atomic E-state index is 0.0119. The molecular formula is C10H6O6. The number of aromatic carboxylic acids is 1. The van der Waals surface area contributed by atoms with E-state index >= 15 is 0 Å². The maximum absolute atomic E-state index is 11.2. The Bertz CT molecular complexity index is 516. The predicted octanol–water partition coefficient (Wildman–Crippen LogP) is 0.704. The average molecular weight is 222 g/mol. The average Bonchev–Trinajstić information content (AvgIpc) is 2.52. The van der Waals surface area contributed by atoms with Gasteiger partial charge in [0.1, 0.15) is 11.3 Å². The summed E-state index contributed by atoms with van der Waals surface area (Å²) in [5.74, 6) is -2.87. The van der Waals surface area contributed by atoms with Crippen LogP contribution < -0.4 is 4.74 Å². The molecule has 1 aromatic rings. The lowest BCUT2D eigenvalue weighted by atomic mass is 10.0. The van der Waals surface area contributed by atoms with Crippen LogP contribution in [0.1, 0.15) is 31.1 Å². The molecule has 1 N–H and O–H groups in total. The lowest BCUT2D eigenvalue weighted by molar-refractivity contribution is 0.0443. The van der Waals surface area contributed by atoms with Gasteiger partial charge in [0.05, 0.1) is 18.2 Å². The van der Waals surface area contributed by atoms with Gasteiger partial charge in [-0.2, -0.15) is 0 Å². The second-order valence-electron chi connectivity index (χ2n) is 3.08. The lowest BCUT2D eigenvalue weighted by Crippen LogP contribution is -2.04. The van der Waals surface area contributed by atoms with E-state index in [1.165, 1.54) is 13.2 Å². The largest absolute Gasteiger partial charge is 0.496 e. The van der Waals surface area contributed by atoms with Crippen LogP contribution in [0.2, 0.25) is 0 Å². The molecule has 0 amide bonds. The molecule has 0 atom stereocenters. The van der Waals surface area contributed by atoms with E-state index < -0.39 is 17.9 Å². The highest BCUT2D eigenvalue weighted by Crippen LogP contribution is 2.28. The number of rotatable bonds is 2. The first kappa shape index (κ1) is 10.2. The minimum atomic E-state index is -1.24. The van der Waals surface area contributed by atoms with Crippen molar-refractivity contribution in [2.45, 2.75) is 0 Å². The van der Waals surface area contributed by atoms with Crippen LogP contribution in [0.3, 0.4) is 0 Å². The lowest BCUT2D eigenvalue weighted by Gasteiger charge is -2.05. The van der Waals surface area contributed by atoms with E-state index in [2.05, 4.69) is 4.74 Å². The van der Waals surface area contributed by atoms with Gasteiger partial charge in [0, 0.05) is 0 Å². The maximum Gasteiger partial charge on any atom is 0.347 e. The molecular weight excluding hydrogens is 216 g/mol. The van der Waals surface area contributed by atoms with Crippen molar-refractivity contribution in [1.82, 2.24) is 0 Å². The summed E-state index contributed by atoms with van der Waals surface area (Å²) in [7, 11) is 1.27. The van der Waals surface area contributed by atoms with E-state index in [4.69, 9.17) is 9.84 Å². The predicted molar refractivity (Wildman–Crippen MR) is 49.7 cm³/mol. The maximum atomic E-state index is 11.2. The molecule has 6 nitrogen and oxygen atoms in total. The van der Waals surface area contributed by atoms with Crippen molar-refractivity contribution >= 4 is 17.9 Å². The van der Waals surface area contributed by atoms with Crippen molar-refractivity contribution in [2.24, 2.45) is 0 Å². The van der Waals surface area contributed by atoms with Gasteiger partial charge in [0.2, 0.25) is 0 Å². The van der Waals surface area contributed by atoms with Gasteiger partial charge in [-0.25, -0.2) is 14.4 Å². The molecule has 16 heavy (non-hydrogen) atoms. The fourth-order valence-corrected chi connectivity index (χ4v) is 1.45. The highest BCUT2D eigenvalue weighted by Gasteiger charge is 2.32. The van der Waals surface area contributed by atoms with Crippen LogP contribution in [0.4, 0.5) is 0 Å². The van der Waals surface area contributed by atoms with Gasteiger partial charge < -0.3 is 14.6 Å². The number of carbonyl (C=O) groups is 3. The molecule has 0 spiro atoms. The Hall–Kier alpha value is -2.37. The molecule has 0 radical (unpaired) electrons. The Morgan fingerprint density at radius 3 is 2.31 bits per heavy atom. The number of esters is 2. The fourth-order valence-electron chi connectivity index (χ4n) is 1.45. The van der Waals surface area contributed by atoms with Crippen LogP contribution in [-0.2, 0) is 4.74 Å². The van der Waals surface area contributed by atoms with Crippen LogP contribution in [-0.4, -0.2) is 30.1 Å². The first-order valence-corrected chi connectivity index (χ1v) is 4.26. The molecule has 0 bridgehead atoms. The normalized spacial score (nSPS) is 13.3. The van der Waals surface area contributed by atoms with Gasteiger partial charge in [-0.15, -0.1) is 0 Å². The van der Waals surface area contributed by atoms with E-state index in [-0.39, 0.29) is 22.4 Å². The zero-order chi connectivity index (χ0) is 11.9. The summed E-state index contributed by atoms with van der Waals surface area (Å²) in [5.41, 5.74) is -0.219. The third kappa shape index (κ3) is 1.31. The molecule has 2 rings (SSSR count). The molecule has 1 aliphatic heterocycles. The molecule has 0 unspecified atom stereocenters. The number of hydrogen-bond donors (Lipinski definition) is 1. The zero-order valence-electron chi connectivity index (χ0n) is 8.14. The first-order valence-electron chi connectivity index (χ1n) is 4.26. The highest BCUT2D eigenvalue weighted by atomic mass is 16.6. The minimum Gasteiger partial charge on any atom is -0.496 e. The van der Waals surface area contributed by atoms with Crippen LogP contribution >= 0.6 is 0 Å². The van der Waals surface area contributed by atoms with Crippen molar-refractivity contribution < 1.29 is 29.0 Å². The second kappa shape index (κ2) is 3.34. The summed E-state index contributed by atoms with van der Waals surface area (Å²) in [6.07, 6.45) is 0. The Morgan fingerprint density at radius 2 is 1.81 bits per heavy atom. The van der Waals surface area contributed by atoms with Crippen molar-refractivity contribution in [3.05, 3.63) is 28.8 Å². The van der Waals surface area contributed by atoms with Crippen molar-refractivity contribution in [3.8, 4) is 5.75 Å². The number of ether oxygens (including phenoxy) is 2. The molecule has 0 saturated heterocycles. The first-order chi connectivity index (χ1) is 7.54. The monoisotopic (exact) mass is 222 g/mol. The van der Waals surface area contributed by atoms with Gasteiger partial charge in [-0.3, -0.25) is 0 Å². The number of fused-ring (bicyclic) bond motifs is 1. The number of carboxylic acids is 1. The SMILES string of the molecule is COc1cc2c(cc1C(=O)O)C(=O)OC2=O. The molecule has 1 aliphatic rings. The second-order valence-corrected chi connectivity index (χ2v) is 3.08. The smallest absolute Gasteiger partial charge is 0.347 e. The molecule has 0 fully saturated rings. The summed E-state index contributed by atoms with van der Waals surface area (Å²) in [5, 5.41) is 8.86. The van der Waals surface area contributed by atoms with Gasteiger partial charge >= 0.3 is 17.9 Å². The summed E-state index contributed by atoms with van der Waals surface area (Å²) in [4.78, 5) is 33.2. The van der Waals surface area contributed by atoms with Gasteiger partial charge in [-0.1, -0.05) is 0 Å². The summed E-state index contributed by atoms with van der Waals surface area (Å²) < 4.78 is 9.16. The summed E-state index contributed by atoms with van der Waals surface area (Å²) in [6, 6.07) is 2.26. The molecule has 6 heteroatoms. The van der Waals surface area contributed by atoms with Crippen LogP contribution in [0.25, 0.3) is 0 Å². The molecule has 0 aromatic heterocycles. The van der Waals surface area contributed by atoms with E-state index in [1.807, 2.05) is 0 Å². The van der Waals surface area contributed by atoms with E-state index in [0.717, 1.165) is 6.07 Å². The van der Waals surface area contributed by atoms with E-state index in [0.29, 0.717) is 0 Å². The Kier molecular flexibility index (Phi) is 2.12. The molecule has 0 saturated carbocycles. The molecule has 82 valence electrons. The summed E-state index contributed by atoms with van der Waals surface area (Å²) >= 11 is 0. The van der Waals surface area contributed by atoms with Crippen molar-refractivity contribution in [3.63, 3.8) is 0 Å². The van der Waals surface area contributed by atoms with Crippen LogP contribution in [0, 0.1) is 0 Å². The van der Waals surface area contributed by atoms with Gasteiger partial charge in [0.25, 0.3) is 0 Å². The zero-order valence-corrected chi connectivity index (χ0v) is 8.14.